The van der Waals surface area contributed by atoms with Crippen LogP contribution < -0.4 is 16.0 Å². The number of para-hydroxylation sites is 1. The second-order valence-corrected chi connectivity index (χ2v) is 9.45. The van der Waals surface area contributed by atoms with E-state index in [1.54, 1.807) is 53.4 Å². The van der Waals surface area contributed by atoms with Crippen LogP contribution in [0.4, 0.5) is 11.4 Å². The first-order chi connectivity index (χ1) is 17.3. The number of anilines is 2. The summed E-state index contributed by atoms with van der Waals surface area (Å²) in [6.07, 6.45) is 2.14. The van der Waals surface area contributed by atoms with E-state index in [1.165, 1.54) is 0 Å². The van der Waals surface area contributed by atoms with Crippen molar-refractivity contribution in [3.05, 3.63) is 59.7 Å². The Morgan fingerprint density at radius 2 is 1.78 bits per heavy atom. The molecule has 2 aliphatic rings. The number of hydrogen-bond donors (Lipinski definition) is 3. The maximum atomic E-state index is 12.8. The summed E-state index contributed by atoms with van der Waals surface area (Å²) in [6, 6.07) is 13.4. The van der Waals surface area contributed by atoms with Crippen molar-refractivity contribution in [3.8, 4) is 0 Å². The summed E-state index contributed by atoms with van der Waals surface area (Å²) in [4.78, 5) is 51.9. The highest BCUT2D eigenvalue weighted by atomic mass is 16.5. The van der Waals surface area contributed by atoms with Crippen LogP contribution in [0, 0.1) is 5.92 Å². The van der Waals surface area contributed by atoms with Crippen LogP contribution >= 0.6 is 0 Å². The lowest BCUT2D eigenvalue weighted by atomic mass is 10.1. The topological polar surface area (TPSA) is 117 Å². The van der Waals surface area contributed by atoms with Gasteiger partial charge >= 0.3 is 0 Å². The molecule has 190 valence electrons. The first-order valence-electron chi connectivity index (χ1n) is 12.3. The smallest absolute Gasteiger partial charge is 0.255 e. The Labute approximate surface area is 210 Å². The third kappa shape index (κ3) is 6.09. The van der Waals surface area contributed by atoms with Gasteiger partial charge in [-0.2, -0.15) is 0 Å². The van der Waals surface area contributed by atoms with E-state index in [0.29, 0.717) is 42.2 Å². The summed E-state index contributed by atoms with van der Waals surface area (Å²) >= 11 is 0. The maximum absolute atomic E-state index is 12.8. The summed E-state index contributed by atoms with van der Waals surface area (Å²) in [5.41, 5.74) is 1.70. The number of ether oxygens (including phenoxy) is 1. The number of amides is 4. The van der Waals surface area contributed by atoms with E-state index in [-0.39, 0.29) is 42.2 Å². The minimum Gasteiger partial charge on any atom is -0.376 e. The zero-order valence-corrected chi connectivity index (χ0v) is 20.6. The maximum Gasteiger partial charge on any atom is 0.255 e. The van der Waals surface area contributed by atoms with Gasteiger partial charge in [0.25, 0.3) is 11.8 Å². The second kappa shape index (κ2) is 11.3. The molecule has 0 saturated carbocycles. The Morgan fingerprint density at radius 1 is 1.03 bits per heavy atom. The highest BCUT2D eigenvalue weighted by Gasteiger charge is 2.35. The first kappa shape index (κ1) is 25.4. The van der Waals surface area contributed by atoms with Crippen molar-refractivity contribution in [2.75, 3.05) is 30.3 Å². The quantitative estimate of drug-likeness (QED) is 0.524. The molecule has 2 aliphatic heterocycles. The molecular weight excluding hydrogens is 460 g/mol. The molecule has 36 heavy (non-hydrogen) atoms. The van der Waals surface area contributed by atoms with Crippen molar-refractivity contribution >= 4 is 35.0 Å². The van der Waals surface area contributed by atoms with Crippen molar-refractivity contribution in [3.63, 3.8) is 0 Å². The average molecular weight is 493 g/mol. The van der Waals surface area contributed by atoms with E-state index >= 15 is 0 Å². The van der Waals surface area contributed by atoms with Crippen LogP contribution in [-0.4, -0.2) is 60.4 Å². The molecular formula is C27H32N4O5. The van der Waals surface area contributed by atoms with Crippen molar-refractivity contribution < 1.29 is 23.9 Å². The Balaban J connectivity index is 1.34. The summed E-state index contributed by atoms with van der Waals surface area (Å²) in [5, 5.41) is 8.50. The minimum absolute atomic E-state index is 0.0157. The van der Waals surface area contributed by atoms with Gasteiger partial charge in [0.1, 0.15) is 0 Å². The van der Waals surface area contributed by atoms with Gasteiger partial charge in [0.2, 0.25) is 11.8 Å². The fourth-order valence-electron chi connectivity index (χ4n) is 4.45. The van der Waals surface area contributed by atoms with E-state index in [9.17, 15) is 19.2 Å². The number of hydrogen-bond acceptors (Lipinski definition) is 5. The molecule has 9 nitrogen and oxygen atoms in total. The number of benzene rings is 2. The van der Waals surface area contributed by atoms with Crippen LogP contribution in [0.1, 0.15) is 53.8 Å². The van der Waals surface area contributed by atoms with Gasteiger partial charge in [0.15, 0.2) is 0 Å². The highest BCUT2D eigenvalue weighted by Crippen LogP contribution is 2.22. The van der Waals surface area contributed by atoms with Crippen LogP contribution in [0.3, 0.4) is 0 Å². The summed E-state index contributed by atoms with van der Waals surface area (Å²) < 4.78 is 5.55. The highest BCUT2D eigenvalue weighted by molar-refractivity contribution is 6.09. The van der Waals surface area contributed by atoms with Gasteiger partial charge in [-0.25, -0.2) is 0 Å². The molecule has 2 aromatic rings. The van der Waals surface area contributed by atoms with Crippen molar-refractivity contribution in [2.45, 2.75) is 45.3 Å². The molecule has 0 spiro atoms. The predicted octanol–water partition coefficient (Wildman–Crippen LogP) is 3.04. The summed E-state index contributed by atoms with van der Waals surface area (Å²) in [5.74, 6) is -1.28. The predicted molar refractivity (Wildman–Crippen MR) is 136 cm³/mol. The molecule has 4 rings (SSSR count). The number of rotatable bonds is 8. The number of nitrogens with zero attached hydrogens (tertiary/aromatic N) is 1. The Morgan fingerprint density at radius 3 is 2.44 bits per heavy atom. The van der Waals surface area contributed by atoms with E-state index < -0.39 is 5.92 Å². The number of carbonyl (C=O) groups excluding carboxylic acids is 4. The Kier molecular flexibility index (Phi) is 8.00. The van der Waals surface area contributed by atoms with Gasteiger partial charge in [-0.05, 0) is 63.1 Å². The van der Waals surface area contributed by atoms with Gasteiger partial charge in [0, 0.05) is 43.4 Å². The molecule has 2 aromatic carbocycles. The van der Waals surface area contributed by atoms with Crippen LogP contribution in [0.15, 0.2) is 48.5 Å². The lowest BCUT2D eigenvalue weighted by Crippen LogP contribution is -2.33. The van der Waals surface area contributed by atoms with Gasteiger partial charge < -0.3 is 25.6 Å². The fourth-order valence-corrected chi connectivity index (χ4v) is 4.45. The van der Waals surface area contributed by atoms with Gasteiger partial charge in [-0.1, -0.05) is 12.1 Å². The monoisotopic (exact) mass is 492 g/mol. The van der Waals surface area contributed by atoms with Crippen LogP contribution in [0.25, 0.3) is 0 Å². The molecule has 2 fully saturated rings. The zero-order chi connectivity index (χ0) is 25.7. The van der Waals surface area contributed by atoms with E-state index in [4.69, 9.17) is 4.74 Å². The number of carbonyl (C=O) groups is 4. The third-order valence-electron chi connectivity index (χ3n) is 6.50. The van der Waals surface area contributed by atoms with Crippen LogP contribution in [0.2, 0.25) is 0 Å². The fraction of sp³-hybridized carbons (Fsp3) is 0.407. The van der Waals surface area contributed by atoms with Gasteiger partial charge in [-0.15, -0.1) is 0 Å². The van der Waals surface area contributed by atoms with E-state index in [1.807, 2.05) is 13.8 Å². The van der Waals surface area contributed by atoms with Crippen molar-refractivity contribution in [1.29, 1.82) is 0 Å². The summed E-state index contributed by atoms with van der Waals surface area (Å²) in [7, 11) is 0. The molecule has 0 radical (unpaired) electrons. The van der Waals surface area contributed by atoms with Crippen molar-refractivity contribution in [1.82, 2.24) is 10.2 Å². The van der Waals surface area contributed by atoms with E-state index in [2.05, 4.69) is 16.0 Å². The lowest BCUT2D eigenvalue weighted by Gasteiger charge is -2.20. The summed E-state index contributed by atoms with van der Waals surface area (Å²) in [6.45, 7) is 5.41. The third-order valence-corrected chi connectivity index (χ3v) is 6.50. The molecule has 9 heteroatoms. The molecule has 3 N–H and O–H groups in total. The largest absolute Gasteiger partial charge is 0.376 e. The second-order valence-electron chi connectivity index (χ2n) is 9.45. The van der Waals surface area contributed by atoms with Gasteiger partial charge in [-0.3, -0.25) is 19.2 Å². The molecule has 2 unspecified atom stereocenters. The van der Waals surface area contributed by atoms with Crippen LogP contribution in [-0.2, 0) is 14.3 Å². The standard InChI is InChI=1S/C27H32N4O5/c1-17(2)31-16-19(14-24(31)32)26(34)29-20-11-9-18(10-12-20)25(33)30-23-8-4-3-7-22(23)27(35)28-15-21-6-5-13-36-21/h3-4,7-12,17,19,21H,5-6,13-16H2,1-2H3,(H,28,35)(H,29,34)(H,30,33). The molecule has 0 aromatic heterocycles. The Bertz CT molecular complexity index is 1130. The van der Waals surface area contributed by atoms with Gasteiger partial charge in [0.05, 0.1) is 23.3 Å². The molecule has 2 saturated heterocycles. The normalized spacial score (nSPS) is 19.4. The average Bonchev–Trinajstić information content (AvgIpc) is 3.53. The Hall–Kier alpha value is -3.72. The number of nitrogens with one attached hydrogen (secondary N) is 3. The number of likely N-dealkylation sites (tertiary alicyclic amines) is 1. The molecule has 2 heterocycles. The minimum atomic E-state index is -0.397. The lowest BCUT2D eigenvalue weighted by molar-refractivity contribution is -0.129. The SMILES string of the molecule is CC(C)N1CC(C(=O)Nc2ccc(C(=O)Nc3ccccc3C(=O)NCC3CCCO3)cc2)CC1=O. The molecule has 0 aliphatic carbocycles. The van der Waals surface area contributed by atoms with Crippen molar-refractivity contribution in [2.24, 2.45) is 5.92 Å². The first-order valence-corrected chi connectivity index (χ1v) is 12.3. The molecule has 4 amide bonds. The molecule has 2 atom stereocenters. The van der Waals surface area contributed by atoms with E-state index in [0.717, 1.165) is 12.8 Å². The van der Waals surface area contributed by atoms with Crippen LogP contribution in [0.5, 0.6) is 0 Å². The zero-order valence-electron chi connectivity index (χ0n) is 20.6. The molecule has 0 bridgehead atoms.